The molecule has 22 heavy (non-hydrogen) atoms. The Morgan fingerprint density at radius 2 is 2.14 bits per heavy atom. The van der Waals surface area contributed by atoms with Crippen molar-refractivity contribution in [2.75, 3.05) is 11.9 Å². The minimum absolute atomic E-state index is 0.0768. The summed E-state index contributed by atoms with van der Waals surface area (Å²) in [7, 11) is 1.93. The Hall–Kier alpha value is -2.08. The fourth-order valence-electron chi connectivity index (χ4n) is 2.22. The fraction of sp³-hybridized carbons (Fsp3) is 0.375. The summed E-state index contributed by atoms with van der Waals surface area (Å²) in [5.41, 5.74) is 3.11. The summed E-state index contributed by atoms with van der Waals surface area (Å²) in [6.45, 7) is 6.68. The molecule has 1 heterocycles. The van der Waals surface area contributed by atoms with Crippen LogP contribution >= 0.6 is 12.2 Å². The van der Waals surface area contributed by atoms with Gasteiger partial charge < -0.3 is 15.4 Å². The molecule has 2 N–H and O–H groups in total. The first-order chi connectivity index (χ1) is 10.5. The molecule has 0 spiro atoms. The van der Waals surface area contributed by atoms with E-state index in [2.05, 4.69) is 22.7 Å². The van der Waals surface area contributed by atoms with Gasteiger partial charge in [0.1, 0.15) is 5.75 Å². The lowest BCUT2D eigenvalue weighted by atomic mass is 10.1. The minimum atomic E-state index is 0.0768. The highest BCUT2D eigenvalue weighted by atomic mass is 32.1. The first kappa shape index (κ1) is 16.3. The molecule has 0 saturated carbocycles. The molecule has 6 heteroatoms. The maximum atomic E-state index is 5.59. The average molecular weight is 318 g/mol. The number of nitrogens with one attached hydrogen (secondary N) is 2. The first-order valence-corrected chi connectivity index (χ1v) is 7.71. The third-order valence-electron chi connectivity index (χ3n) is 3.52. The number of rotatable bonds is 5. The van der Waals surface area contributed by atoms with Crippen LogP contribution in [0.25, 0.3) is 0 Å². The van der Waals surface area contributed by atoms with Crippen LogP contribution in [0.2, 0.25) is 0 Å². The van der Waals surface area contributed by atoms with Gasteiger partial charge in [-0.3, -0.25) is 4.68 Å². The van der Waals surface area contributed by atoms with Gasteiger partial charge in [-0.25, -0.2) is 0 Å². The van der Waals surface area contributed by atoms with Crippen molar-refractivity contribution in [3.05, 3.63) is 41.7 Å². The second-order valence-corrected chi connectivity index (χ2v) is 5.47. The van der Waals surface area contributed by atoms with Gasteiger partial charge in [-0.1, -0.05) is 12.1 Å². The molecule has 118 valence electrons. The van der Waals surface area contributed by atoms with E-state index in [1.54, 1.807) is 0 Å². The van der Waals surface area contributed by atoms with E-state index in [1.165, 1.54) is 0 Å². The van der Waals surface area contributed by atoms with Gasteiger partial charge in [-0.2, -0.15) is 5.10 Å². The molecule has 0 aliphatic heterocycles. The van der Waals surface area contributed by atoms with Crippen molar-refractivity contribution in [2.24, 2.45) is 7.05 Å². The van der Waals surface area contributed by atoms with Crippen LogP contribution in [-0.2, 0) is 7.05 Å². The molecule has 1 atom stereocenters. The van der Waals surface area contributed by atoms with Gasteiger partial charge in [0.2, 0.25) is 0 Å². The summed E-state index contributed by atoms with van der Waals surface area (Å²) in [5.74, 6) is 0.791. The number of ether oxygens (including phenoxy) is 1. The highest BCUT2D eigenvalue weighted by molar-refractivity contribution is 7.80. The molecule has 0 aliphatic rings. The Kier molecular flexibility index (Phi) is 5.38. The molecule has 2 aromatic rings. The molecule has 0 bridgehead atoms. The monoisotopic (exact) mass is 318 g/mol. The van der Waals surface area contributed by atoms with Crippen molar-refractivity contribution in [3.8, 4) is 5.75 Å². The summed E-state index contributed by atoms with van der Waals surface area (Å²) in [6, 6.07) is 7.83. The largest absolute Gasteiger partial charge is 0.492 e. The number of thiocarbonyl (C=S) groups is 1. The lowest BCUT2D eigenvalue weighted by molar-refractivity contribution is 0.342. The topological polar surface area (TPSA) is 51.1 Å². The zero-order chi connectivity index (χ0) is 16.1. The predicted molar refractivity (Wildman–Crippen MR) is 93.3 cm³/mol. The van der Waals surface area contributed by atoms with Crippen LogP contribution in [0.15, 0.2) is 30.5 Å². The molecule has 0 amide bonds. The second-order valence-electron chi connectivity index (χ2n) is 5.06. The number of nitrogens with zero attached hydrogens (tertiary/aromatic N) is 2. The van der Waals surface area contributed by atoms with Gasteiger partial charge in [0.05, 0.1) is 24.5 Å². The SMILES string of the molecule is CCOc1ccccc1NC(=S)NC(C)c1cnn(C)c1C. The van der Waals surface area contributed by atoms with E-state index in [9.17, 15) is 0 Å². The molecule has 5 nitrogen and oxygen atoms in total. The van der Waals surface area contributed by atoms with E-state index >= 15 is 0 Å². The number of anilines is 1. The summed E-state index contributed by atoms with van der Waals surface area (Å²) in [5, 5.41) is 11.3. The van der Waals surface area contributed by atoms with E-state index < -0.39 is 0 Å². The molecule has 1 unspecified atom stereocenters. The fourth-order valence-corrected chi connectivity index (χ4v) is 2.51. The van der Waals surface area contributed by atoms with Crippen LogP contribution < -0.4 is 15.4 Å². The highest BCUT2D eigenvalue weighted by Gasteiger charge is 2.13. The average Bonchev–Trinajstić information content (AvgIpc) is 2.81. The zero-order valence-corrected chi connectivity index (χ0v) is 14.2. The van der Waals surface area contributed by atoms with E-state index in [1.807, 2.05) is 56.0 Å². The van der Waals surface area contributed by atoms with Crippen molar-refractivity contribution in [1.29, 1.82) is 0 Å². The number of benzene rings is 1. The molecule has 0 radical (unpaired) electrons. The number of hydrogen-bond donors (Lipinski definition) is 2. The van der Waals surface area contributed by atoms with Gasteiger partial charge >= 0.3 is 0 Å². The van der Waals surface area contributed by atoms with Crippen LogP contribution in [-0.4, -0.2) is 21.5 Å². The quantitative estimate of drug-likeness (QED) is 0.829. The Balaban J connectivity index is 2.03. The molecular weight excluding hydrogens is 296 g/mol. The Morgan fingerprint density at radius 3 is 2.77 bits per heavy atom. The van der Waals surface area contributed by atoms with Crippen molar-refractivity contribution in [3.63, 3.8) is 0 Å². The van der Waals surface area contributed by atoms with Gasteiger partial charge in [0.15, 0.2) is 5.11 Å². The molecule has 2 rings (SSSR count). The van der Waals surface area contributed by atoms with Crippen molar-refractivity contribution in [2.45, 2.75) is 26.8 Å². The first-order valence-electron chi connectivity index (χ1n) is 7.30. The Bertz CT molecular complexity index is 653. The predicted octanol–water partition coefficient (Wildman–Crippen LogP) is 3.17. The molecular formula is C16H22N4OS. The van der Waals surface area contributed by atoms with Crippen LogP contribution in [0.5, 0.6) is 5.75 Å². The van der Waals surface area contributed by atoms with Crippen LogP contribution in [0, 0.1) is 6.92 Å². The lowest BCUT2D eigenvalue weighted by Gasteiger charge is -2.18. The van der Waals surface area contributed by atoms with Crippen molar-refractivity contribution >= 4 is 23.0 Å². The summed E-state index contributed by atoms with van der Waals surface area (Å²) < 4.78 is 7.44. The normalized spacial score (nSPS) is 11.8. The summed E-state index contributed by atoms with van der Waals surface area (Å²) >= 11 is 5.40. The minimum Gasteiger partial charge on any atom is -0.492 e. The van der Waals surface area contributed by atoms with Crippen molar-refractivity contribution in [1.82, 2.24) is 15.1 Å². The number of para-hydroxylation sites is 2. The standard InChI is InChI=1S/C16H22N4OS/c1-5-21-15-9-7-6-8-14(15)19-16(22)18-11(2)13-10-17-20(4)12(13)3/h6-11H,5H2,1-4H3,(H2,18,19,22). The van der Waals surface area contributed by atoms with Crippen LogP contribution in [0.1, 0.15) is 31.1 Å². The molecule has 0 fully saturated rings. The second kappa shape index (κ2) is 7.26. The van der Waals surface area contributed by atoms with E-state index in [-0.39, 0.29) is 6.04 Å². The molecule has 1 aromatic carbocycles. The maximum Gasteiger partial charge on any atom is 0.171 e. The van der Waals surface area contributed by atoms with Gasteiger partial charge in [0.25, 0.3) is 0 Å². The number of aromatic nitrogens is 2. The van der Waals surface area contributed by atoms with E-state index in [0.717, 1.165) is 22.7 Å². The maximum absolute atomic E-state index is 5.59. The summed E-state index contributed by atoms with van der Waals surface area (Å²) in [4.78, 5) is 0. The lowest BCUT2D eigenvalue weighted by Crippen LogP contribution is -2.31. The molecule has 0 aliphatic carbocycles. The third kappa shape index (κ3) is 3.76. The number of hydrogen-bond acceptors (Lipinski definition) is 3. The molecule has 0 saturated heterocycles. The van der Waals surface area contributed by atoms with Crippen molar-refractivity contribution < 1.29 is 4.74 Å². The summed E-state index contributed by atoms with van der Waals surface area (Å²) in [6.07, 6.45) is 1.86. The Labute approximate surface area is 136 Å². The van der Waals surface area contributed by atoms with Gasteiger partial charge in [-0.05, 0) is 45.1 Å². The zero-order valence-electron chi connectivity index (χ0n) is 13.4. The Morgan fingerprint density at radius 1 is 1.41 bits per heavy atom. The van der Waals surface area contributed by atoms with Crippen LogP contribution in [0.4, 0.5) is 5.69 Å². The van der Waals surface area contributed by atoms with Gasteiger partial charge in [-0.15, -0.1) is 0 Å². The van der Waals surface area contributed by atoms with E-state index in [0.29, 0.717) is 11.7 Å². The van der Waals surface area contributed by atoms with E-state index in [4.69, 9.17) is 17.0 Å². The number of aryl methyl sites for hydroxylation is 1. The molecule has 1 aromatic heterocycles. The third-order valence-corrected chi connectivity index (χ3v) is 3.74. The smallest absolute Gasteiger partial charge is 0.171 e. The van der Waals surface area contributed by atoms with Gasteiger partial charge in [0, 0.05) is 18.3 Å². The highest BCUT2D eigenvalue weighted by Crippen LogP contribution is 2.24. The van der Waals surface area contributed by atoms with Crippen LogP contribution in [0.3, 0.4) is 0 Å².